The molecule has 0 bridgehead atoms. The number of rotatable bonds is 6. The van der Waals surface area contributed by atoms with E-state index in [0.717, 1.165) is 51.1 Å². The van der Waals surface area contributed by atoms with Crippen LogP contribution < -0.4 is 5.73 Å². The molecular formula is C22H29N5S. The zero-order valence-electron chi connectivity index (χ0n) is 16.8. The van der Waals surface area contributed by atoms with E-state index in [4.69, 9.17) is 10.7 Å². The van der Waals surface area contributed by atoms with Crippen LogP contribution in [-0.4, -0.2) is 32.8 Å². The van der Waals surface area contributed by atoms with E-state index in [1.165, 1.54) is 16.8 Å². The van der Waals surface area contributed by atoms with Crippen LogP contribution >= 0.6 is 11.3 Å². The van der Waals surface area contributed by atoms with Crippen molar-refractivity contribution in [1.82, 2.24) is 19.7 Å². The van der Waals surface area contributed by atoms with Gasteiger partial charge in [0.15, 0.2) is 5.13 Å². The van der Waals surface area contributed by atoms with Crippen LogP contribution in [0.25, 0.3) is 0 Å². The number of benzene rings is 1. The average Bonchev–Trinajstić information content (AvgIpc) is 3.31. The molecule has 1 saturated heterocycles. The monoisotopic (exact) mass is 395 g/mol. The summed E-state index contributed by atoms with van der Waals surface area (Å²) in [6, 6.07) is 10.8. The lowest BCUT2D eigenvalue weighted by Gasteiger charge is -2.41. The zero-order chi connectivity index (χ0) is 19.6. The quantitative estimate of drug-likeness (QED) is 0.679. The second kappa shape index (κ2) is 8.05. The van der Waals surface area contributed by atoms with Crippen molar-refractivity contribution in [3.63, 3.8) is 0 Å². The van der Waals surface area contributed by atoms with Gasteiger partial charge in [-0.25, -0.2) is 4.98 Å². The highest BCUT2D eigenvalue weighted by atomic mass is 32.1. The number of piperidine rings is 1. The third-order valence-corrected chi connectivity index (χ3v) is 6.76. The second-order valence-electron chi connectivity index (χ2n) is 7.77. The van der Waals surface area contributed by atoms with E-state index in [-0.39, 0.29) is 5.41 Å². The number of nitrogens with zero attached hydrogens (tertiary/aromatic N) is 4. The van der Waals surface area contributed by atoms with Gasteiger partial charge in [-0.3, -0.25) is 9.58 Å². The number of nitrogen functional groups attached to an aromatic ring is 1. The fraction of sp³-hybridized carbons (Fsp3) is 0.455. The first kappa shape index (κ1) is 19.2. The number of hydrogen-bond acceptors (Lipinski definition) is 5. The lowest BCUT2D eigenvalue weighted by atomic mass is 9.70. The zero-order valence-corrected chi connectivity index (χ0v) is 17.6. The molecular weight excluding hydrogens is 366 g/mol. The van der Waals surface area contributed by atoms with Crippen LogP contribution in [0.15, 0.2) is 41.9 Å². The van der Waals surface area contributed by atoms with Crippen LogP contribution in [0.2, 0.25) is 0 Å². The number of likely N-dealkylation sites (tertiary alicyclic amines) is 1. The van der Waals surface area contributed by atoms with Crippen molar-refractivity contribution < 1.29 is 0 Å². The van der Waals surface area contributed by atoms with Crippen molar-refractivity contribution >= 4 is 16.5 Å². The lowest BCUT2D eigenvalue weighted by molar-refractivity contribution is 0.170. The Balaban J connectivity index is 1.53. The third-order valence-electron chi connectivity index (χ3n) is 6.08. The van der Waals surface area contributed by atoms with Crippen LogP contribution in [0.3, 0.4) is 0 Å². The Morgan fingerprint density at radius 2 is 1.93 bits per heavy atom. The van der Waals surface area contributed by atoms with E-state index in [2.05, 4.69) is 64.2 Å². The summed E-state index contributed by atoms with van der Waals surface area (Å²) in [5, 5.41) is 7.37. The highest BCUT2D eigenvalue weighted by molar-refractivity contribution is 7.13. The van der Waals surface area contributed by atoms with Gasteiger partial charge in [-0.05, 0) is 44.8 Å². The van der Waals surface area contributed by atoms with E-state index in [9.17, 15) is 0 Å². The van der Waals surface area contributed by atoms with Crippen LogP contribution in [0, 0.1) is 6.92 Å². The molecule has 1 aromatic carbocycles. The Morgan fingerprint density at radius 3 is 2.57 bits per heavy atom. The first-order chi connectivity index (χ1) is 13.6. The van der Waals surface area contributed by atoms with Crippen LogP contribution in [0.4, 0.5) is 5.13 Å². The Morgan fingerprint density at radius 1 is 1.18 bits per heavy atom. The normalized spacial score (nSPS) is 17.1. The molecule has 6 heteroatoms. The summed E-state index contributed by atoms with van der Waals surface area (Å²) in [4.78, 5) is 7.25. The molecule has 2 N–H and O–H groups in total. The fourth-order valence-corrected chi connectivity index (χ4v) is 5.03. The van der Waals surface area contributed by atoms with Gasteiger partial charge in [0.2, 0.25) is 0 Å². The van der Waals surface area contributed by atoms with Crippen LogP contribution in [0.5, 0.6) is 0 Å². The van der Waals surface area contributed by atoms with Gasteiger partial charge in [0, 0.05) is 35.1 Å². The Hall–Kier alpha value is -2.18. The SMILES string of the molecule is CCCn1ncc(CN2CCC(c3ccccc3)(c3csc(N)n3)CC2)c1C. The van der Waals surface area contributed by atoms with E-state index in [0.29, 0.717) is 5.13 Å². The van der Waals surface area contributed by atoms with Crippen molar-refractivity contribution in [2.45, 2.75) is 51.6 Å². The molecule has 148 valence electrons. The molecule has 0 amide bonds. The molecule has 28 heavy (non-hydrogen) atoms. The number of nitrogens with two attached hydrogens (primary N) is 1. The number of anilines is 1. The average molecular weight is 396 g/mol. The molecule has 4 rings (SSSR count). The molecule has 1 aliphatic heterocycles. The summed E-state index contributed by atoms with van der Waals surface area (Å²) in [7, 11) is 0. The van der Waals surface area contributed by atoms with Crippen molar-refractivity contribution in [2.24, 2.45) is 0 Å². The summed E-state index contributed by atoms with van der Waals surface area (Å²) in [6.45, 7) is 8.44. The van der Waals surface area contributed by atoms with Crippen molar-refractivity contribution in [2.75, 3.05) is 18.8 Å². The maximum absolute atomic E-state index is 5.98. The Labute approximate surface area is 171 Å². The summed E-state index contributed by atoms with van der Waals surface area (Å²) < 4.78 is 2.13. The minimum atomic E-state index is -0.0344. The molecule has 0 radical (unpaired) electrons. The number of aromatic nitrogens is 3. The molecule has 0 atom stereocenters. The van der Waals surface area contributed by atoms with E-state index in [1.54, 1.807) is 11.3 Å². The maximum Gasteiger partial charge on any atom is 0.180 e. The molecule has 1 aliphatic rings. The van der Waals surface area contributed by atoms with E-state index in [1.807, 2.05) is 6.20 Å². The minimum absolute atomic E-state index is 0.0344. The van der Waals surface area contributed by atoms with Gasteiger partial charge in [0.05, 0.1) is 11.9 Å². The third kappa shape index (κ3) is 3.59. The van der Waals surface area contributed by atoms with E-state index >= 15 is 0 Å². The van der Waals surface area contributed by atoms with Gasteiger partial charge in [-0.2, -0.15) is 5.10 Å². The first-order valence-corrected chi connectivity index (χ1v) is 11.0. The standard InChI is InChI=1S/C22H29N5S/c1-3-11-27-17(2)18(14-24-27)15-26-12-9-22(10-13-26,19-7-5-4-6-8-19)20-16-28-21(23)25-20/h4-8,14,16H,3,9-13,15H2,1-2H3,(H2,23,25). The van der Waals surface area contributed by atoms with Gasteiger partial charge >= 0.3 is 0 Å². The van der Waals surface area contributed by atoms with Crippen molar-refractivity contribution in [1.29, 1.82) is 0 Å². The molecule has 2 aromatic heterocycles. The predicted octanol–water partition coefficient (Wildman–Crippen LogP) is 4.22. The lowest BCUT2D eigenvalue weighted by Crippen LogP contribution is -2.43. The highest BCUT2D eigenvalue weighted by Crippen LogP contribution is 2.42. The van der Waals surface area contributed by atoms with Gasteiger partial charge in [0.1, 0.15) is 0 Å². The van der Waals surface area contributed by atoms with Gasteiger partial charge in [-0.15, -0.1) is 11.3 Å². The molecule has 0 spiro atoms. The summed E-state index contributed by atoms with van der Waals surface area (Å²) in [5.41, 5.74) is 11.1. The van der Waals surface area contributed by atoms with Gasteiger partial charge in [0.25, 0.3) is 0 Å². The minimum Gasteiger partial charge on any atom is -0.375 e. The first-order valence-electron chi connectivity index (χ1n) is 10.1. The molecule has 0 saturated carbocycles. The van der Waals surface area contributed by atoms with Crippen molar-refractivity contribution in [3.05, 3.63) is 64.4 Å². The number of thiazole rings is 1. The highest BCUT2D eigenvalue weighted by Gasteiger charge is 2.39. The fourth-order valence-electron chi connectivity index (χ4n) is 4.37. The summed E-state index contributed by atoms with van der Waals surface area (Å²) in [6.07, 6.45) is 5.28. The molecule has 3 heterocycles. The molecule has 3 aromatic rings. The predicted molar refractivity (Wildman–Crippen MR) is 116 cm³/mol. The summed E-state index contributed by atoms with van der Waals surface area (Å²) in [5.74, 6) is 0. The summed E-state index contributed by atoms with van der Waals surface area (Å²) >= 11 is 1.55. The van der Waals surface area contributed by atoms with Crippen molar-refractivity contribution in [3.8, 4) is 0 Å². The largest absolute Gasteiger partial charge is 0.375 e. The topological polar surface area (TPSA) is 60.0 Å². The number of hydrogen-bond donors (Lipinski definition) is 1. The van der Waals surface area contributed by atoms with E-state index < -0.39 is 0 Å². The number of aryl methyl sites for hydroxylation is 1. The molecule has 0 unspecified atom stereocenters. The molecule has 0 aliphatic carbocycles. The Bertz CT molecular complexity index is 906. The van der Waals surface area contributed by atoms with Crippen LogP contribution in [-0.2, 0) is 18.5 Å². The maximum atomic E-state index is 5.98. The van der Waals surface area contributed by atoms with Gasteiger partial charge < -0.3 is 5.73 Å². The second-order valence-corrected chi connectivity index (χ2v) is 8.66. The smallest absolute Gasteiger partial charge is 0.180 e. The van der Waals surface area contributed by atoms with Gasteiger partial charge in [-0.1, -0.05) is 37.3 Å². The molecule has 5 nitrogen and oxygen atoms in total. The Kier molecular flexibility index (Phi) is 5.51. The van der Waals surface area contributed by atoms with Crippen LogP contribution in [0.1, 0.15) is 48.7 Å². The molecule has 1 fully saturated rings.